The molecular weight excluding hydrogens is 332 g/mol. The van der Waals surface area contributed by atoms with Crippen LogP contribution in [0.2, 0.25) is 0 Å². The number of phenols is 1. The summed E-state index contributed by atoms with van der Waals surface area (Å²) in [6.45, 7) is 0. The van der Waals surface area contributed by atoms with Crippen molar-refractivity contribution in [2.75, 3.05) is 12.4 Å². The maximum Gasteiger partial charge on any atom is 0.311 e. The van der Waals surface area contributed by atoms with Gasteiger partial charge in [-0.2, -0.15) is 5.10 Å². The Hall–Kier alpha value is -3.20. The van der Waals surface area contributed by atoms with Crippen molar-refractivity contribution in [3.63, 3.8) is 0 Å². The average molecular weight is 346 g/mol. The Bertz CT molecular complexity index is 795. The second-order valence-electron chi connectivity index (χ2n) is 4.53. The van der Waals surface area contributed by atoms with E-state index in [0.29, 0.717) is 17.0 Å². The number of thiocarbonyl (C=S) groups is 1. The van der Waals surface area contributed by atoms with Crippen molar-refractivity contribution in [1.29, 1.82) is 0 Å². The molecule has 0 spiro atoms. The van der Waals surface area contributed by atoms with Gasteiger partial charge in [0.2, 0.25) is 0 Å². The molecule has 0 heterocycles. The van der Waals surface area contributed by atoms with E-state index < -0.39 is 16.4 Å². The first kappa shape index (κ1) is 17.2. The first-order valence-corrected chi connectivity index (χ1v) is 7.12. The lowest BCUT2D eigenvalue weighted by Crippen LogP contribution is -2.24. The predicted octanol–water partition coefficient (Wildman–Crippen LogP) is 2.63. The Morgan fingerprint density at radius 3 is 2.83 bits per heavy atom. The summed E-state index contributed by atoms with van der Waals surface area (Å²) in [6, 6.07) is 11.2. The lowest BCUT2D eigenvalue weighted by molar-refractivity contribution is -0.385. The Balaban J connectivity index is 2.00. The van der Waals surface area contributed by atoms with Gasteiger partial charge in [0.15, 0.2) is 10.9 Å². The van der Waals surface area contributed by atoms with Crippen molar-refractivity contribution < 1.29 is 14.8 Å². The summed E-state index contributed by atoms with van der Waals surface area (Å²) < 4.78 is 5.19. The second-order valence-corrected chi connectivity index (χ2v) is 4.94. The molecule has 0 bridgehead atoms. The summed E-state index contributed by atoms with van der Waals surface area (Å²) in [4.78, 5) is 10.1. The fourth-order valence-electron chi connectivity index (χ4n) is 1.83. The molecule has 0 radical (unpaired) electrons. The molecule has 0 unspecified atom stereocenters. The van der Waals surface area contributed by atoms with E-state index in [1.54, 1.807) is 19.2 Å². The number of aromatic hydroxyl groups is 1. The Morgan fingerprint density at radius 1 is 1.38 bits per heavy atom. The highest BCUT2D eigenvalue weighted by molar-refractivity contribution is 7.80. The molecule has 0 aliphatic rings. The lowest BCUT2D eigenvalue weighted by Gasteiger charge is -2.10. The highest BCUT2D eigenvalue weighted by atomic mass is 32.1. The fourth-order valence-corrected chi connectivity index (χ4v) is 1.99. The third kappa shape index (κ3) is 4.40. The van der Waals surface area contributed by atoms with E-state index >= 15 is 0 Å². The normalized spacial score (nSPS) is 10.4. The zero-order valence-corrected chi connectivity index (χ0v) is 13.4. The molecular formula is C15H14N4O4S. The van der Waals surface area contributed by atoms with E-state index in [1.165, 1.54) is 24.4 Å². The minimum absolute atomic E-state index is 0.226. The van der Waals surface area contributed by atoms with Gasteiger partial charge in [0.1, 0.15) is 5.75 Å². The van der Waals surface area contributed by atoms with E-state index in [1.807, 2.05) is 12.1 Å². The van der Waals surface area contributed by atoms with Crippen LogP contribution in [0.25, 0.3) is 0 Å². The van der Waals surface area contributed by atoms with Gasteiger partial charge in [-0.1, -0.05) is 12.1 Å². The van der Waals surface area contributed by atoms with Crippen LogP contribution in [0, 0.1) is 10.1 Å². The number of anilines is 1. The Morgan fingerprint density at radius 2 is 2.12 bits per heavy atom. The van der Waals surface area contributed by atoms with Crippen LogP contribution in [0.15, 0.2) is 47.6 Å². The maximum atomic E-state index is 10.8. The number of rotatable bonds is 5. The summed E-state index contributed by atoms with van der Waals surface area (Å²) in [5, 5.41) is 27.2. The van der Waals surface area contributed by atoms with Gasteiger partial charge in [-0.25, -0.2) is 0 Å². The van der Waals surface area contributed by atoms with Crippen LogP contribution in [0.5, 0.6) is 11.5 Å². The molecule has 8 nitrogen and oxygen atoms in total. The van der Waals surface area contributed by atoms with E-state index in [2.05, 4.69) is 15.8 Å². The van der Waals surface area contributed by atoms with Gasteiger partial charge in [0, 0.05) is 11.6 Å². The molecule has 2 aromatic rings. The zero-order valence-electron chi connectivity index (χ0n) is 12.6. The second kappa shape index (κ2) is 7.88. The molecule has 0 saturated carbocycles. The molecule has 9 heteroatoms. The number of para-hydroxylation sites is 2. The van der Waals surface area contributed by atoms with Crippen LogP contribution in [0.4, 0.5) is 11.4 Å². The average Bonchev–Trinajstić information content (AvgIpc) is 2.56. The topological polar surface area (TPSA) is 109 Å². The van der Waals surface area contributed by atoms with Gasteiger partial charge in [0.05, 0.1) is 23.9 Å². The van der Waals surface area contributed by atoms with Crippen molar-refractivity contribution in [3.05, 3.63) is 58.1 Å². The Kier molecular flexibility index (Phi) is 5.63. The summed E-state index contributed by atoms with van der Waals surface area (Å²) >= 11 is 5.11. The molecule has 3 N–H and O–H groups in total. The predicted molar refractivity (Wildman–Crippen MR) is 94.7 cm³/mol. The first-order valence-electron chi connectivity index (χ1n) is 6.71. The van der Waals surface area contributed by atoms with Crippen molar-refractivity contribution >= 4 is 34.9 Å². The van der Waals surface area contributed by atoms with E-state index in [9.17, 15) is 15.2 Å². The minimum Gasteiger partial charge on any atom is -0.502 e. The molecule has 0 aliphatic heterocycles. The number of hydrogen-bond donors (Lipinski definition) is 3. The monoisotopic (exact) mass is 346 g/mol. The molecule has 2 aromatic carbocycles. The van der Waals surface area contributed by atoms with Crippen LogP contribution >= 0.6 is 12.2 Å². The van der Waals surface area contributed by atoms with E-state index in [0.717, 1.165) is 0 Å². The number of nitro benzene ring substituents is 1. The zero-order chi connectivity index (χ0) is 17.5. The van der Waals surface area contributed by atoms with Gasteiger partial charge in [0.25, 0.3) is 0 Å². The van der Waals surface area contributed by atoms with Gasteiger partial charge >= 0.3 is 5.69 Å². The number of nitrogens with one attached hydrogen (secondary N) is 2. The van der Waals surface area contributed by atoms with Crippen LogP contribution in [0.1, 0.15) is 5.56 Å². The number of ether oxygens (including phenoxy) is 1. The molecule has 24 heavy (non-hydrogen) atoms. The quantitative estimate of drug-likeness (QED) is 0.330. The lowest BCUT2D eigenvalue weighted by atomic mass is 10.2. The molecule has 0 saturated heterocycles. The number of hydrogen-bond acceptors (Lipinski definition) is 6. The van der Waals surface area contributed by atoms with Crippen LogP contribution in [0.3, 0.4) is 0 Å². The van der Waals surface area contributed by atoms with Gasteiger partial charge in [-0.05, 0) is 36.5 Å². The first-order chi connectivity index (χ1) is 11.5. The summed E-state index contributed by atoms with van der Waals surface area (Å²) in [6.07, 6.45) is 1.35. The van der Waals surface area contributed by atoms with Gasteiger partial charge in [-0.15, -0.1) is 0 Å². The van der Waals surface area contributed by atoms with Crippen molar-refractivity contribution in [2.45, 2.75) is 0 Å². The number of benzene rings is 2. The van der Waals surface area contributed by atoms with E-state index in [-0.39, 0.29) is 5.11 Å². The number of hydrazone groups is 1. The number of nitrogens with zero attached hydrogens (tertiary/aromatic N) is 2. The maximum absolute atomic E-state index is 10.8. The summed E-state index contributed by atoms with van der Waals surface area (Å²) in [7, 11) is 1.55. The van der Waals surface area contributed by atoms with Crippen LogP contribution < -0.4 is 15.5 Å². The van der Waals surface area contributed by atoms with Crippen LogP contribution in [-0.4, -0.2) is 28.5 Å². The minimum atomic E-state index is -0.673. The SMILES string of the molecule is COc1ccccc1NC(=S)N/N=C/c1ccc(O)c([N+](=O)[O-])c1. The Labute approximate surface area is 142 Å². The van der Waals surface area contributed by atoms with Crippen molar-refractivity contribution in [3.8, 4) is 11.5 Å². The van der Waals surface area contributed by atoms with Crippen molar-refractivity contribution in [1.82, 2.24) is 5.43 Å². The molecule has 0 atom stereocenters. The molecule has 124 valence electrons. The number of methoxy groups -OCH3 is 1. The largest absolute Gasteiger partial charge is 0.502 e. The van der Waals surface area contributed by atoms with Gasteiger partial charge < -0.3 is 15.2 Å². The molecule has 0 aliphatic carbocycles. The fraction of sp³-hybridized carbons (Fsp3) is 0.0667. The molecule has 2 rings (SSSR count). The highest BCUT2D eigenvalue weighted by Gasteiger charge is 2.12. The summed E-state index contributed by atoms with van der Waals surface area (Å²) in [5.41, 5.74) is 3.31. The molecule has 0 fully saturated rings. The van der Waals surface area contributed by atoms with E-state index in [4.69, 9.17) is 17.0 Å². The van der Waals surface area contributed by atoms with Crippen molar-refractivity contribution in [2.24, 2.45) is 5.10 Å². The standard InChI is InChI=1S/C15H14N4O4S/c1-23-14-5-3-2-4-11(14)17-15(24)18-16-9-10-6-7-13(20)12(8-10)19(21)22/h2-9,20H,1H3,(H2,17,18,24)/b16-9+. The third-order valence-corrected chi connectivity index (χ3v) is 3.12. The number of phenolic OH excluding ortho intramolecular Hbond substituents is 1. The third-order valence-electron chi connectivity index (χ3n) is 2.93. The van der Waals surface area contributed by atoms with Crippen LogP contribution in [-0.2, 0) is 0 Å². The highest BCUT2D eigenvalue weighted by Crippen LogP contribution is 2.25. The summed E-state index contributed by atoms with van der Waals surface area (Å²) in [5.74, 6) is 0.221. The molecule has 0 aromatic heterocycles. The smallest absolute Gasteiger partial charge is 0.311 e. The van der Waals surface area contributed by atoms with Gasteiger partial charge in [-0.3, -0.25) is 15.5 Å². The number of nitro groups is 1. The molecule has 0 amide bonds.